The van der Waals surface area contributed by atoms with Crippen LogP contribution >= 0.6 is 0 Å². The molecule has 2 bridgehead atoms. The number of carbonyl (C=O) groups is 4. The summed E-state index contributed by atoms with van der Waals surface area (Å²) < 4.78 is 46.1. The molecule has 8 rings (SSSR count). The van der Waals surface area contributed by atoms with Gasteiger partial charge >= 0.3 is 6.09 Å². The number of aromatic nitrogens is 1. The van der Waals surface area contributed by atoms with Crippen LogP contribution in [0.4, 0.5) is 4.79 Å². The third-order valence-corrected chi connectivity index (χ3v) is 15.0. The van der Waals surface area contributed by atoms with Crippen LogP contribution in [-0.2, 0) is 35.6 Å². The highest BCUT2D eigenvalue weighted by atomic mass is 32.2. The number of sulfonamides is 1. The number of alkyl carbamates (subject to hydrolysis) is 1. The largest absolute Gasteiger partial charge is 0.497 e. The zero-order valence-corrected chi connectivity index (χ0v) is 33.5. The van der Waals surface area contributed by atoms with E-state index >= 15 is 0 Å². The van der Waals surface area contributed by atoms with Crippen molar-refractivity contribution < 1.29 is 41.8 Å². The Balaban J connectivity index is 1.13. The molecule has 1 unspecified atom stereocenters. The van der Waals surface area contributed by atoms with Gasteiger partial charge < -0.3 is 29.7 Å². The second kappa shape index (κ2) is 16.1. The molecular weight excluding hydrogens is 751 g/mol. The van der Waals surface area contributed by atoms with Crippen LogP contribution < -0.4 is 24.8 Å². The minimum absolute atomic E-state index is 0.0390. The molecule has 2 aliphatic heterocycles. The molecule has 57 heavy (non-hydrogen) atoms. The lowest BCUT2D eigenvalue weighted by atomic mass is 9.96. The number of fused-ring (bicyclic) bond motifs is 5. The van der Waals surface area contributed by atoms with Crippen LogP contribution in [-0.4, -0.2) is 90.9 Å². The number of ether oxygens (including phenoxy) is 3. The molecule has 4 saturated carbocycles. The number of nitrogens with one attached hydrogen (secondary N) is 3. The van der Waals surface area contributed by atoms with Gasteiger partial charge in [-0.25, -0.2) is 18.2 Å². The molecule has 0 radical (unpaired) electrons. The quantitative estimate of drug-likeness (QED) is 0.313. The van der Waals surface area contributed by atoms with Crippen molar-refractivity contribution in [2.24, 2.45) is 17.8 Å². The van der Waals surface area contributed by atoms with Crippen LogP contribution in [0.5, 0.6) is 11.5 Å². The van der Waals surface area contributed by atoms with Gasteiger partial charge in [-0.15, -0.1) is 6.58 Å². The second-order valence-electron chi connectivity index (χ2n) is 17.1. The van der Waals surface area contributed by atoms with Gasteiger partial charge in [-0.1, -0.05) is 31.8 Å². The normalized spacial score (nSPS) is 31.1. The number of methoxy groups -OCH3 is 1. The molecular formula is C42H55N5O9S. The summed E-state index contributed by atoms with van der Waals surface area (Å²) in [6, 6.07) is 5.62. The summed E-state index contributed by atoms with van der Waals surface area (Å²) in [6.45, 7) is 3.86. The van der Waals surface area contributed by atoms with E-state index in [1.165, 1.54) is 11.0 Å². The van der Waals surface area contributed by atoms with Crippen LogP contribution in [0.25, 0.3) is 10.9 Å². The average molecular weight is 806 g/mol. The Hall–Kier alpha value is -4.40. The zero-order chi connectivity index (χ0) is 39.9. The van der Waals surface area contributed by atoms with Gasteiger partial charge in [0, 0.05) is 17.7 Å². The highest BCUT2D eigenvalue weighted by Gasteiger charge is 2.62. The Morgan fingerprint density at radius 3 is 2.47 bits per heavy atom. The average Bonchev–Trinajstić information content (AvgIpc) is 3.98. The van der Waals surface area contributed by atoms with E-state index in [-0.39, 0.29) is 37.3 Å². The molecule has 6 aliphatic rings. The standard InChI is InChI=1S/C42H55N5O9S/c1-3-28-23-42(28,40(50)46-57(52,53)31-17-18-31)45-38(48)34-22-30-24-47(34)39(49)37(26-11-7-8-12-26)44-41(51)56-35-15-9-13-25(35)10-5-4-6-14-33-36(55-30)21-27-20-29(54-2)16-19-32(27)43-33/h3,16,19-21,25-26,28,30-31,34-35,37H,1,4-15,17-18,22-24H2,2H3,(H,44,51)(H,45,48)(H,46,50)/t25-,28?,30-,34+,35-,37+,42-/m1/s1. The van der Waals surface area contributed by atoms with E-state index in [1.807, 2.05) is 24.3 Å². The summed E-state index contributed by atoms with van der Waals surface area (Å²) in [5.74, 6) is -0.988. The molecule has 0 spiro atoms. The van der Waals surface area contributed by atoms with E-state index in [1.54, 1.807) is 7.11 Å². The minimum atomic E-state index is -3.89. The summed E-state index contributed by atoms with van der Waals surface area (Å²) in [7, 11) is -2.29. The van der Waals surface area contributed by atoms with Crippen LogP contribution in [0.2, 0.25) is 0 Å². The van der Waals surface area contributed by atoms with E-state index in [0.717, 1.165) is 87.2 Å². The molecule has 1 aromatic heterocycles. The maximum atomic E-state index is 14.9. The Bertz CT molecular complexity index is 2020. The van der Waals surface area contributed by atoms with Crippen molar-refractivity contribution in [1.29, 1.82) is 0 Å². The number of aryl methyl sites for hydroxylation is 1. The molecule has 1 aromatic carbocycles. The molecule has 308 valence electrons. The summed E-state index contributed by atoms with van der Waals surface area (Å²) in [4.78, 5) is 63.2. The summed E-state index contributed by atoms with van der Waals surface area (Å²) in [5.41, 5.74) is 0.0623. The number of hydrogen-bond acceptors (Lipinski definition) is 10. The topological polar surface area (TPSA) is 182 Å². The van der Waals surface area contributed by atoms with Gasteiger partial charge in [0.05, 0.1) is 30.1 Å². The van der Waals surface area contributed by atoms with Crippen LogP contribution in [0, 0.1) is 17.8 Å². The number of amides is 4. The number of pyridine rings is 1. The molecule has 15 heteroatoms. The molecule has 3 heterocycles. The highest BCUT2D eigenvalue weighted by molar-refractivity contribution is 7.91. The molecule has 2 aromatic rings. The monoisotopic (exact) mass is 805 g/mol. The molecule has 5 fully saturated rings. The first-order valence-electron chi connectivity index (χ1n) is 20.9. The van der Waals surface area contributed by atoms with Crippen LogP contribution in [0.1, 0.15) is 102 Å². The molecule has 4 aliphatic carbocycles. The first-order valence-corrected chi connectivity index (χ1v) is 22.4. The lowest BCUT2D eigenvalue weighted by Crippen LogP contribution is -2.59. The van der Waals surface area contributed by atoms with E-state index in [9.17, 15) is 27.6 Å². The van der Waals surface area contributed by atoms with Crippen molar-refractivity contribution in [3.8, 4) is 11.5 Å². The smallest absolute Gasteiger partial charge is 0.408 e. The van der Waals surface area contributed by atoms with Crippen LogP contribution in [0.15, 0.2) is 36.9 Å². The van der Waals surface area contributed by atoms with Gasteiger partial charge in [0.25, 0.3) is 5.91 Å². The van der Waals surface area contributed by atoms with Gasteiger partial charge in [0.15, 0.2) is 0 Å². The molecule has 4 amide bonds. The lowest BCUT2D eigenvalue weighted by molar-refractivity contribution is -0.142. The Kier molecular flexibility index (Phi) is 11.1. The summed E-state index contributed by atoms with van der Waals surface area (Å²) in [6.07, 6.45) is 11.8. The fourth-order valence-corrected chi connectivity index (χ4v) is 11.0. The van der Waals surface area contributed by atoms with Crippen molar-refractivity contribution in [3.63, 3.8) is 0 Å². The minimum Gasteiger partial charge on any atom is -0.497 e. The van der Waals surface area contributed by atoms with E-state index in [2.05, 4.69) is 21.9 Å². The molecule has 14 nitrogen and oxygen atoms in total. The van der Waals surface area contributed by atoms with Gasteiger partial charge in [-0.05, 0) is 107 Å². The van der Waals surface area contributed by atoms with Gasteiger partial charge in [0.2, 0.25) is 21.8 Å². The summed E-state index contributed by atoms with van der Waals surface area (Å²) >= 11 is 0. The SMILES string of the molecule is C=CC1C[C@]1(NC(=O)[C@@H]1C[C@@H]2CN1C(=O)[C@H](C1CCCC1)NC(=O)O[C@@H]1CCC[C@H]1CCCCCc1nc3ccc(OC)cc3cc1O2)C(=O)NS(=O)(=O)C1CC1. The molecule has 7 atom stereocenters. The van der Waals surface area contributed by atoms with Crippen LogP contribution in [0.3, 0.4) is 0 Å². The van der Waals surface area contributed by atoms with Crippen molar-refractivity contribution in [1.82, 2.24) is 25.2 Å². The van der Waals surface area contributed by atoms with Gasteiger partial charge in [-0.2, -0.15) is 0 Å². The number of rotatable bonds is 8. The predicted octanol–water partition coefficient (Wildman–Crippen LogP) is 4.83. The van der Waals surface area contributed by atoms with Crippen molar-refractivity contribution >= 4 is 44.7 Å². The number of benzene rings is 1. The van der Waals surface area contributed by atoms with Gasteiger partial charge in [-0.3, -0.25) is 19.1 Å². The predicted molar refractivity (Wildman–Crippen MR) is 211 cm³/mol. The second-order valence-corrected chi connectivity index (χ2v) is 19.0. The maximum Gasteiger partial charge on any atom is 0.408 e. The fourth-order valence-electron chi connectivity index (χ4n) is 9.67. The van der Waals surface area contributed by atoms with E-state index in [4.69, 9.17) is 19.2 Å². The first-order chi connectivity index (χ1) is 27.5. The third-order valence-electron chi connectivity index (χ3n) is 13.2. The maximum absolute atomic E-state index is 14.9. The number of hydrogen-bond donors (Lipinski definition) is 3. The Morgan fingerprint density at radius 2 is 1.74 bits per heavy atom. The van der Waals surface area contributed by atoms with E-state index < -0.39 is 68.7 Å². The molecule has 1 saturated heterocycles. The Labute approximate surface area is 334 Å². The zero-order valence-electron chi connectivity index (χ0n) is 32.7. The third kappa shape index (κ3) is 8.31. The van der Waals surface area contributed by atoms with Crippen molar-refractivity contribution in [2.75, 3.05) is 13.7 Å². The van der Waals surface area contributed by atoms with Crippen molar-refractivity contribution in [2.45, 2.75) is 138 Å². The lowest BCUT2D eigenvalue weighted by Gasteiger charge is -2.32. The van der Waals surface area contributed by atoms with E-state index in [0.29, 0.717) is 30.8 Å². The highest BCUT2D eigenvalue weighted by Crippen LogP contribution is 2.46. The number of carbonyl (C=O) groups excluding carboxylic acids is 4. The Morgan fingerprint density at radius 1 is 0.982 bits per heavy atom. The molecule has 3 N–H and O–H groups in total. The first kappa shape index (κ1) is 39.4. The van der Waals surface area contributed by atoms with Crippen molar-refractivity contribution in [3.05, 3.63) is 42.6 Å². The fraction of sp³-hybridized carbons (Fsp3) is 0.643. The van der Waals surface area contributed by atoms with Gasteiger partial charge in [0.1, 0.15) is 41.3 Å². The summed E-state index contributed by atoms with van der Waals surface area (Å²) in [5, 5.41) is 6.03. The number of nitrogens with zero attached hydrogens (tertiary/aromatic N) is 2.